The van der Waals surface area contributed by atoms with Crippen LogP contribution in [-0.2, 0) is 0 Å². The van der Waals surface area contributed by atoms with Crippen LogP contribution < -0.4 is 0 Å². The fraction of sp³-hybridized carbons (Fsp3) is 0. The second-order valence-corrected chi connectivity index (χ2v) is 1.30. The van der Waals surface area contributed by atoms with E-state index < -0.39 is 0 Å². The van der Waals surface area contributed by atoms with Crippen LogP contribution in [-0.4, -0.2) is 12.4 Å². The Labute approximate surface area is 47.9 Å². The van der Waals surface area contributed by atoms with Crippen LogP contribution in [0.5, 0.6) is 0 Å². The summed E-state index contributed by atoms with van der Waals surface area (Å²) in [6.07, 6.45) is 10.7. The molecule has 0 aromatic heterocycles. The number of nitrogens with zero attached hydrogens (tertiary/aromatic N) is 2. The van der Waals surface area contributed by atoms with Gasteiger partial charge < -0.3 is 0 Å². The first-order valence-corrected chi connectivity index (χ1v) is 2.38. The molecule has 0 aromatic rings. The van der Waals surface area contributed by atoms with Crippen molar-refractivity contribution in [3.63, 3.8) is 0 Å². The highest BCUT2D eigenvalue weighted by atomic mass is 15.2. The van der Waals surface area contributed by atoms with Crippen molar-refractivity contribution in [2.45, 2.75) is 0 Å². The van der Waals surface area contributed by atoms with Crippen LogP contribution in [0.2, 0.25) is 0 Å². The van der Waals surface area contributed by atoms with Gasteiger partial charge >= 0.3 is 0 Å². The molecule has 0 spiro atoms. The largest absolute Gasteiger partial charge is 0.159 e. The predicted octanol–water partition coefficient (Wildman–Crippen LogP) is 1.17. The molecule has 0 fully saturated rings. The molecule has 1 heterocycles. The van der Waals surface area contributed by atoms with Crippen molar-refractivity contribution in [2.24, 2.45) is 10.2 Å². The standard InChI is InChI=1S/C6H6N2/c1-2-4-6-8-7-5-3-1/h1-6H/b2-1?,3-1-,4-2?,5-3?,6-4?,7-5-,8-6?,8-7?. The molecule has 0 aromatic carbocycles. The third-order valence-electron chi connectivity index (χ3n) is 0.705. The van der Waals surface area contributed by atoms with Crippen molar-refractivity contribution in [1.29, 1.82) is 0 Å². The molecule has 0 unspecified atom stereocenters. The minimum Gasteiger partial charge on any atom is -0.159 e. The minimum absolute atomic E-state index is 1.64. The van der Waals surface area contributed by atoms with E-state index in [1.807, 2.05) is 24.3 Å². The molecule has 1 aliphatic rings. The zero-order valence-electron chi connectivity index (χ0n) is 4.36. The summed E-state index contributed by atoms with van der Waals surface area (Å²) < 4.78 is 0. The molecule has 8 heavy (non-hydrogen) atoms. The van der Waals surface area contributed by atoms with E-state index in [1.54, 1.807) is 12.4 Å². The van der Waals surface area contributed by atoms with Gasteiger partial charge in [0, 0.05) is 12.4 Å². The molecule has 0 saturated heterocycles. The molecular formula is C6H6N2. The summed E-state index contributed by atoms with van der Waals surface area (Å²) >= 11 is 0. The Kier molecular flexibility index (Phi) is 1.80. The van der Waals surface area contributed by atoms with Crippen molar-refractivity contribution >= 4 is 12.4 Å². The molecule has 1 rings (SSSR count). The first kappa shape index (κ1) is 4.97. The molecular weight excluding hydrogens is 100 g/mol. The van der Waals surface area contributed by atoms with Crippen LogP contribution in [0, 0.1) is 0 Å². The SMILES string of the molecule is C1=C/C=C\C=N/N=C1. The third-order valence-corrected chi connectivity index (χ3v) is 0.705. The van der Waals surface area contributed by atoms with Crippen LogP contribution in [0.25, 0.3) is 0 Å². The fourth-order valence-corrected chi connectivity index (χ4v) is 0.382. The van der Waals surface area contributed by atoms with Crippen molar-refractivity contribution < 1.29 is 0 Å². The van der Waals surface area contributed by atoms with Crippen molar-refractivity contribution in [2.75, 3.05) is 0 Å². The zero-order valence-corrected chi connectivity index (χ0v) is 4.36. The smallest absolute Gasteiger partial charge is 0.0495 e. The van der Waals surface area contributed by atoms with E-state index in [4.69, 9.17) is 0 Å². The van der Waals surface area contributed by atoms with Crippen molar-refractivity contribution in [3.8, 4) is 0 Å². The van der Waals surface area contributed by atoms with Crippen molar-refractivity contribution in [1.82, 2.24) is 0 Å². The summed E-state index contributed by atoms with van der Waals surface area (Å²) in [5.41, 5.74) is 0. The lowest BCUT2D eigenvalue weighted by molar-refractivity contribution is 1.27. The highest BCUT2D eigenvalue weighted by Gasteiger charge is 1.66. The van der Waals surface area contributed by atoms with E-state index in [0.29, 0.717) is 0 Å². The molecule has 0 radical (unpaired) electrons. The van der Waals surface area contributed by atoms with Crippen LogP contribution in [0.1, 0.15) is 0 Å². The number of hydrogen-bond acceptors (Lipinski definition) is 2. The summed E-state index contributed by atoms with van der Waals surface area (Å²) in [5, 5.41) is 7.27. The Hall–Kier alpha value is -1.18. The number of hydrogen-bond donors (Lipinski definition) is 0. The monoisotopic (exact) mass is 106 g/mol. The molecule has 0 saturated carbocycles. The van der Waals surface area contributed by atoms with Crippen LogP contribution >= 0.6 is 0 Å². The molecule has 0 atom stereocenters. The summed E-state index contributed by atoms with van der Waals surface area (Å²) in [6.45, 7) is 0. The molecule has 0 amide bonds. The van der Waals surface area contributed by atoms with Gasteiger partial charge in [-0.3, -0.25) is 0 Å². The van der Waals surface area contributed by atoms with E-state index in [9.17, 15) is 0 Å². The van der Waals surface area contributed by atoms with Gasteiger partial charge in [-0.2, -0.15) is 10.2 Å². The molecule has 0 bridgehead atoms. The Balaban J connectivity index is 2.67. The molecule has 2 heteroatoms. The predicted molar refractivity (Wildman–Crippen MR) is 35.3 cm³/mol. The molecule has 0 N–H and O–H groups in total. The van der Waals surface area contributed by atoms with Crippen LogP contribution in [0.3, 0.4) is 0 Å². The lowest BCUT2D eigenvalue weighted by Gasteiger charge is -1.76. The van der Waals surface area contributed by atoms with Gasteiger partial charge in [-0.25, -0.2) is 0 Å². The van der Waals surface area contributed by atoms with E-state index in [2.05, 4.69) is 10.2 Å². The zero-order chi connectivity index (χ0) is 5.66. The van der Waals surface area contributed by atoms with Crippen LogP contribution in [0.4, 0.5) is 0 Å². The molecule has 1 aliphatic heterocycles. The van der Waals surface area contributed by atoms with Gasteiger partial charge in [0.25, 0.3) is 0 Å². The Morgan fingerprint density at radius 1 is 0.625 bits per heavy atom. The van der Waals surface area contributed by atoms with E-state index >= 15 is 0 Å². The maximum absolute atomic E-state index is 3.64. The second kappa shape index (κ2) is 2.91. The second-order valence-electron chi connectivity index (χ2n) is 1.30. The Morgan fingerprint density at radius 3 is 1.62 bits per heavy atom. The van der Waals surface area contributed by atoms with Gasteiger partial charge in [0.1, 0.15) is 0 Å². The quantitative estimate of drug-likeness (QED) is 0.443. The highest BCUT2D eigenvalue weighted by Crippen LogP contribution is 1.78. The van der Waals surface area contributed by atoms with Gasteiger partial charge in [0.15, 0.2) is 0 Å². The number of allylic oxidation sites excluding steroid dienone is 4. The maximum Gasteiger partial charge on any atom is 0.0495 e. The molecule has 40 valence electrons. The summed E-state index contributed by atoms with van der Waals surface area (Å²) in [5.74, 6) is 0. The Morgan fingerprint density at radius 2 is 1.12 bits per heavy atom. The van der Waals surface area contributed by atoms with E-state index in [0.717, 1.165) is 0 Å². The summed E-state index contributed by atoms with van der Waals surface area (Å²) in [6, 6.07) is 0. The topological polar surface area (TPSA) is 24.7 Å². The van der Waals surface area contributed by atoms with E-state index in [-0.39, 0.29) is 0 Å². The summed E-state index contributed by atoms with van der Waals surface area (Å²) in [7, 11) is 0. The lowest BCUT2D eigenvalue weighted by atomic mass is 10.4. The fourth-order valence-electron chi connectivity index (χ4n) is 0.382. The van der Waals surface area contributed by atoms with E-state index in [1.165, 1.54) is 0 Å². The first-order valence-electron chi connectivity index (χ1n) is 2.38. The first-order chi connectivity index (χ1) is 4.00. The highest BCUT2D eigenvalue weighted by molar-refractivity contribution is 5.77. The number of rotatable bonds is 0. The van der Waals surface area contributed by atoms with Crippen molar-refractivity contribution in [3.05, 3.63) is 24.3 Å². The van der Waals surface area contributed by atoms with Gasteiger partial charge in [-0.15, -0.1) is 0 Å². The van der Waals surface area contributed by atoms with Crippen LogP contribution in [0.15, 0.2) is 34.5 Å². The molecule has 2 nitrogen and oxygen atoms in total. The average Bonchev–Trinajstić information content (AvgIpc) is 1.62. The lowest BCUT2D eigenvalue weighted by Crippen LogP contribution is -1.67. The van der Waals surface area contributed by atoms with Gasteiger partial charge in [0.05, 0.1) is 0 Å². The van der Waals surface area contributed by atoms with Gasteiger partial charge in [0.2, 0.25) is 0 Å². The van der Waals surface area contributed by atoms with Gasteiger partial charge in [-0.05, 0) is 12.2 Å². The minimum atomic E-state index is 1.64. The maximum atomic E-state index is 3.64. The van der Waals surface area contributed by atoms with Gasteiger partial charge in [-0.1, -0.05) is 12.2 Å². The average molecular weight is 106 g/mol. The normalized spacial score (nSPS) is 24.0. The summed E-state index contributed by atoms with van der Waals surface area (Å²) in [4.78, 5) is 0. The Bertz CT molecular complexity index is 107. The molecule has 0 aliphatic carbocycles. The third kappa shape index (κ3) is 1.51.